The minimum atomic E-state index is -0.242. The molecular formula is C25H23NO4. The lowest BCUT2D eigenvalue weighted by Gasteiger charge is -2.09. The van der Waals surface area contributed by atoms with E-state index in [2.05, 4.69) is 12.2 Å². The zero-order chi connectivity index (χ0) is 21.1. The van der Waals surface area contributed by atoms with Crippen LogP contribution in [0.1, 0.15) is 35.7 Å². The van der Waals surface area contributed by atoms with E-state index in [-0.39, 0.29) is 11.3 Å². The van der Waals surface area contributed by atoms with Crippen LogP contribution in [0.25, 0.3) is 21.9 Å². The first-order valence-electron chi connectivity index (χ1n) is 10.1. The van der Waals surface area contributed by atoms with Crippen molar-refractivity contribution in [1.29, 1.82) is 0 Å². The summed E-state index contributed by atoms with van der Waals surface area (Å²) in [5.41, 5.74) is 2.91. The fraction of sp³-hybridized carbons (Fsp3) is 0.200. The first kappa shape index (κ1) is 19.7. The molecule has 0 spiro atoms. The fourth-order valence-corrected chi connectivity index (χ4v) is 3.33. The van der Waals surface area contributed by atoms with Gasteiger partial charge in [0.2, 0.25) is 5.43 Å². The van der Waals surface area contributed by atoms with Gasteiger partial charge in [-0.1, -0.05) is 25.5 Å². The molecule has 0 aliphatic carbocycles. The molecule has 1 amide bonds. The van der Waals surface area contributed by atoms with Crippen molar-refractivity contribution < 1.29 is 13.9 Å². The van der Waals surface area contributed by atoms with Gasteiger partial charge in [0.05, 0.1) is 17.4 Å². The molecule has 0 atom stereocenters. The van der Waals surface area contributed by atoms with Crippen molar-refractivity contribution in [3.05, 3.63) is 82.0 Å². The third-order valence-electron chi connectivity index (χ3n) is 5.04. The van der Waals surface area contributed by atoms with Gasteiger partial charge in [0.15, 0.2) is 0 Å². The number of ether oxygens (including phenoxy) is 1. The molecule has 0 radical (unpaired) electrons. The highest BCUT2D eigenvalue weighted by Gasteiger charge is 2.12. The van der Waals surface area contributed by atoms with Crippen molar-refractivity contribution in [2.45, 2.75) is 26.7 Å². The summed E-state index contributed by atoms with van der Waals surface area (Å²) in [6, 6.07) is 17.6. The number of para-hydroxylation sites is 1. The van der Waals surface area contributed by atoms with E-state index in [4.69, 9.17) is 9.15 Å². The van der Waals surface area contributed by atoms with E-state index in [1.54, 1.807) is 48.5 Å². The maximum Gasteiger partial charge on any atom is 0.255 e. The van der Waals surface area contributed by atoms with Crippen molar-refractivity contribution in [2.24, 2.45) is 0 Å². The highest BCUT2D eigenvalue weighted by Crippen LogP contribution is 2.24. The van der Waals surface area contributed by atoms with Gasteiger partial charge in [-0.25, -0.2) is 0 Å². The summed E-state index contributed by atoms with van der Waals surface area (Å²) in [7, 11) is 0. The number of unbranched alkanes of at least 4 members (excludes halogenated alkanes) is 1. The Balaban J connectivity index is 1.57. The number of carbonyl (C=O) groups excluding carboxylic acids is 1. The molecule has 0 aliphatic heterocycles. The van der Waals surface area contributed by atoms with E-state index >= 15 is 0 Å². The molecule has 0 saturated heterocycles. The number of nitrogens with one attached hydrogen (secondary N) is 1. The number of rotatable bonds is 6. The van der Waals surface area contributed by atoms with Gasteiger partial charge in [0.25, 0.3) is 5.91 Å². The Bertz CT molecular complexity index is 1270. The van der Waals surface area contributed by atoms with Crippen LogP contribution in [0.15, 0.2) is 69.9 Å². The molecule has 152 valence electrons. The number of carbonyl (C=O) groups is 1. The van der Waals surface area contributed by atoms with Gasteiger partial charge in [-0.2, -0.15) is 0 Å². The van der Waals surface area contributed by atoms with Gasteiger partial charge in [0, 0.05) is 17.3 Å². The Morgan fingerprint density at radius 1 is 1.03 bits per heavy atom. The molecule has 0 bridgehead atoms. The van der Waals surface area contributed by atoms with Gasteiger partial charge >= 0.3 is 0 Å². The van der Waals surface area contributed by atoms with Gasteiger partial charge in [0.1, 0.15) is 16.9 Å². The summed E-state index contributed by atoms with van der Waals surface area (Å²) in [4.78, 5) is 25.4. The van der Waals surface area contributed by atoms with Gasteiger partial charge < -0.3 is 14.5 Å². The predicted octanol–water partition coefficient (Wildman–Crippen LogP) is 5.69. The number of benzene rings is 3. The van der Waals surface area contributed by atoms with Crippen molar-refractivity contribution in [1.82, 2.24) is 0 Å². The second-order valence-corrected chi connectivity index (χ2v) is 7.27. The summed E-state index contributed by atoms with van der Waals surface area (Å²) in [6.07, 6.45) is 2.07. The average Bonchev–Trinajstić information content (AvgIpc) is 2.75. The van der Waals surface area contributed by atoms with Crippen LogP contribution in [-0.4, -0.2) is 12.5 Å². The lowest BCUT2D eigenvalue weighted by atomic mass is 10.1. The molecule has 0 unspecified atom stereocenters. The number of fused-ring (bicyclic) bond motifs is 2. The van der Waals surface area contributed by atoms with Crippen LogP contribution in [0.2, 0.25) is 0 Å². The number of hydrogen-bond donors (Lipinski definition) is 1. The molecule has 0 aliphatic rings. The molecule has 0 saturated carbocycles. The quantitative estimate of drug-likeness (QED) is 0.333. The third-order valence-corrected chi connectivity index (χ3v) is 5.04. The topological polar surface area (TPSA) is 68.5 Å². The zero-order valence-electron chi connectivity index (χ0n) is 17.0. The SMILES string of the molecule is CCCCOc1ccc(C(=O)Nc2ccc3c(=O)c4cccc(C)c4oc3c2)cc1. The van der Waals surface area contributed by atoms with Crippen LogP contribution in [0.3, 0.4) is 0 Å². The molecule has 1 N–H and O–H groups in total. The fourth-order valence-electron chi connectivity index (χ4n) is 3.33. The Kier molecular flexibility index (Phi) is 5.53. The summed E-state index contributed by atoms with van der Waals surface area (Å²) in [6.45, 7) is 4.68. The Hall–Kier alpha value is -3.60. The van der Waals surface area contributed by atoms with Crippen LogP contribution in [0, 0.1) is 6.92 Å². The van der Waals surface area contributed by atoms with Gasteiger partial charge in [-0.3, -0.25) is 9.59 Å². The molecule has 4 rings (SSSR count). The van der Waals surface area contributed by atoms with Crippen LogP contribution in [-0.2, 0) is 0 Å². The van der Waals surface area contributed by atoms with E-state index < -0.39 is 0 Å². The summed E-state index contributed by atoms with van der Waals surface area (Å²) in [5.74, 6) is 0.503. The maximum absolute atomic E-state index is 12.8. The van der Waals surface area contributed by atoms with Crippen LogP contribution in [0.5, 0.6) is 5.75 Å². The second kappa shape index (κ2) is 8.41. The number of aryl methyl sites for hydroxylation is 1. The van der Waals surface area contributed by atoms with Crippen molar-refractivity contribution in [2.75, 3.05) is 11.9 Å². The van der Waals surface area contributed by atoms with Crippen LogP contribution >= 0.6 is 0 Å². The highest BCUT2D eigenvalue weighted by atomic mass is 16.5. The van der Waals surface area contributed by atoms with Crippen molar-refractivity contribution in [3.63, 3.8) is 0 Å². The molecule has 0 fully saturated rings. The predicted molar refractivity (Wildman–Crippen MR) is 120 cm³/mol. The smallest absolute Gasteiger partial charge is 0.255 e. The Labute approximate surface area is 174 Å². The van der Waals surface area contributed by atoms with Gasteiger partial charge in [-0.15, -0.1) is 0 Å². The normalized spacial score (nSPS) is 11.0. The van der Waals surface area contributed by atoms with E-state index in [0.29, 0.717) is 39.8 Å². The Morgan fingerprint density at radius 3 is 2.60 bits per heavy atom. The van der Waals surface area contributed by atoms with E-state index in [0.717, 1.165) is 24.2 Å². The molecular weight excluding hydrogens is 378 g/mol. The monoisotopic (exact) mass is 401 g/mol. The van der Waals surface area contributed by atoms with Crippen molar-refractivity contribution >= 4 is 33.5 Å². The molecule has 3 aromatic carbocycles. The first-order valence-corrected chi connectivity index (χ1v) is 10.1. The first-order chi connectivity index (χ1) is 14.6. The third kappa shape index (κ3) is 3.92. The molecule has 4 aromatic rings. The minimum Gasteiger partial charge on any atom is -0.494 e. The maximum atomic E-state index is 12.8. The molecule has 1 aromatic heterocycles. The highest BCUT2D eigenvalue weighted by molar-refractivity contribution is 6.05. The number of amides is 1. The molecule has 5 nitrogen and oxygen atoms in total. The summed E-state index contributed by atoms with van der Waals surface area (Å²) >= 11 is 0. The molecule has 5 heteroatoms. The average molecular weight is 401 g/mol. The lowest BCUT2D eigenvalue weighted by molar-refractivity contribution is 0.102. The largest absolute Gasteiger partial charge is 0.494 e. The van der Waals surface area contributed by atoms with E-state index in [1.807, 2.05) is 19.1 Å². The summed E-state index contributed by atoms with van der Waals surface area (Å²) < 4.78 is 11.6. The Morgan fingerprint density at radius 2 is 1.83 bits per heavy atom. The lowest BCUT2D eigenvalue weighted by Crippen LogP contribution is -2.12. The molecule has 30 heavy (non-hydrogen) atoms. The number of anilines is 1. The van der Waals surface area contributed by atoms with E-state index in [9.17, 15) is 9.59 Å². The standard InChI is InChI=1S/C25H23NO4/c1-3-4-14-29-19-11-8-17(9-12-19)25(28)26-18-10-13-20-22(15-18)30-24-16(2)6-5-7-21(24)23(20)27/h5-13,15H,3-4,14H2,1-2H3,(H,26,28). The zero-order valence-corrected chi connectivity index (χ0v) is 17.0. The van der Waals surface area contributed by atoms with Gasteiger partial charge in [-0.05, 0) is 61.4 Å². The number of hydrogen-bond acceptors (Lipinski definition) is 4. The second-order valence-electron chi connectivity index (χ2n) is 7.27. The van der Waals surface area contributed by atoms with Crippen molar-refractivity contribution in [3.8, 4) is 5.75 Å². The summed E-state index contributed by atoms with van der Waals surface area (Å²) in [5, 5.41) is 3.90. The van der Waals surface area contributed by atoms with Crippen LogP contribution in [0.4, 0.5) is 5.69 Å². The molecule has 1 heterocycles. The van der Waals surface area contributed by atoms with Crippen LogP contribution < -0.4 is 15.5 Å². The van der Waals surface area contributed by atoms with E-state index in [1.165, 1.54) is 0 Å². The minimum absolute atomic E-state index is 0.0773.